The minimum Gasteiger partial charge on any atom is -0.475 e. The zero-order valence-electron chi connectivity index (χ0n) is 16.2. The van der Waals surface area contributed by atoms with Gasteiger partial charge in [-0.05, 0) is 23.8 Å². The van der Waals surface area contributed by atoms with Crippen molar-refractivity contribution in [3.63, 3.8) is 0 Å². The van der Waals surface area contributed by atoms with Crippen molar-refractivity contribution in [1.82, 2.24) is 15.6 Å². The third-order valence-corrected chi connectivity index (χ3v) is 4.57. The van der Waals surface area contributed by atoms with Gasteiger partial charge < -0.3 is 25.1 Å². The lowest BCUT2D eigenvalue weighted by Crippen LogP contribution is -2.48. The quantitative estimate of drug-likeness (QED) is 0.465. The smallest absolute Gasteiger partial charge is 0.371 e. The molecule has 1 aromatic carbocycles. The van der Waals surface area contributed by atoms with Crippen LogP contribution >= 0.6 is 0 Å². The molecule has 2 aromatic heterocycles. The second kappa shape index (κ2) is 8.64. The van der Waals surface area contributed by atoms with Gasteiger partial charge in [0, 0.05) is 29.4 Å². The lowest BCUT2D eigenvalue weighted by atomic mass is 10.0. The maximum absolute atomic E-state index is 12.8. The van der Waals surface area contributed by atoms with Crippen LogP contribution < -0.4 is 10.6 Å². The molecule has 3 rings (SSSR count). The Bertz CT molecular complexity index is 1030. The Morgan fingerprint density at radius 2 is 1.86 bits per heavy atom. The normalized spacial score (nSPS) is 12.1. The molecular weight excluding hydrogens is 374 g/mol. The number of furan rings is 1. The molecule has 2 heterocycles. The molecule has 0 aliphatic rings. The van der Waals surface area contributed by atoms with Gasteiger partial charge in [0.05, 0.1) is 6.54 Å². The summed E-state index contributed by atoms with van der Waals surface area (Å²) in [5.41, 5.74) is 1.87. The zero-order valence-corrected chi connectivity index (χ0v) is 16.2. The van der Waals surface area contributed by atoms with Gasteiger partial charge in [-0.25, -0.2) is 4.79 Å². The van der Waals surface area contributed by atoms with Crippen LogP contribution in [-0.2, 0) is 22.6 Å². The van der Waals surface area contributed by atoms with Crippen molar-refractivity contribution < 1.29 is 23.9 Å². The molecular formula is C21H23N3O5. The summed E-state index contributed by atoms with van der Waals surface area (Å²) < 4.78 is 5.15. The maximum atomic E-state index is 12.8. The fraction of sp³-hybridized carbons (Fsp3) is 0.286. The highest BCUT2D eigenvalue weighted by Gasteiger charge is 2.24. The van der Waals surface area contributed by atoms with E-state index < -0.39 is 12.0 Å². The van der Waals surface area contributed by atoms with Crippen LogP contribution in [-0.4, -0.2) is 33.9 Å². The van der Waals surface area contributed by atoms with Crippen molar-refractivity contribution in [2.45, 2.75) is 32.9 Å². The molecule has 0 aliphatic heterocycles. The first kappa shape index (κ1) is 20.2. The number of amides is 2. The molecule has 1 atom stereocenters. The zero-order chi connectivity index (χ0) is 21.0. The minimum absolute atomic E-state index is 0.0219. The van der Waals surface area contributed by atoms with E-state index in [9.17, 15) is 14.4 Å². The number of rotatable bonds is 8. The number of carboxylic acids is 1. The first-order valence-electron chi connectivity index (χ1n) is 9.30. The number of aromatic amines is 1. The summed E-state index contributed by atoms with van der Waals surface area (Å²) in [7, 11) is 0. The molecule has 29 heavy (non-hydrogen) atoms. The third-order valence-electron chi connectivity index (χ3n) is 4.57. The number of H-pyrrole nitrogens is 1. The summed E-state index contributed by atoms with van der Waals surface area (Å²) in [4.78, 5) is 39.1. The fourth-order valence-corrected chi connectivity index (χ4v) is 2.95. The molecule has 0 saturated carbocycles. The third kappa shape index (κ3) is 4.84. The highest BCUT2D eigenvalue weighted by atomic mass is 16.4. The molecule has 0 radical (unpaired) electrons. The van der Waals surface area contributed by atoms with Gasteiger partial charge in [0.15, 0.2) is 0 Å². The number of aromatic carboxylic acids is 1. The SMILES string of the molecule is CC(C)C(=O)NC(Cc1c[nH]c2ccccc12)C(=O)NCc1ccc(C(=O)O)o1. The minimum atomic E-state index is -1.18. The number of nitrogens with one attached hydrogen (secondary N) is 3. The first-order chi connectivity index (χ1) is 13.8. The van der Waals surface area contributed by atoms with E-state index in [0.29, 0.717) is 12.2 Å². The maximum Gasteiger partial charge on any atom is 0.371 e. The topological polar surface area (TPSA) is 124 Å². The van der Waals surface area contributed by atoms with Gasteiger partial charge in [-0.15, -0.1) is 0 Å². The molecule has 4 N–H and O–H groups in total. The molecule has 0 bridgehead atoms. The standard InChI is InChI=1S/C21H23N3O5/c1-12(2)19(25)24-17(9-13-10-22-16-6-4-3-5-15(13)16)20(26)23-11-14-7-8-18(29-14)21(27)28/h3-8,10,12,17,22H,9,11H2,1-2H3,(H,23,26)(H,24,25)(H,27,28). The monoisotopic (exact) mass is 397 g/mol. The molecule has 3 aromatic rings. The molecule has 2 amide bonds. The summed E-state index contributed by atoms with van der Waals surface area (Å²) in [5.74, 6) is -1.93. The van der Waals surface area contributed by atoms with E-state index in [1.165, 1.54) is 12.1 Å². The number of carbonyl (C=O) groups is 3. The summed E-state index contributed by atoms with van der Waals surface area (Å²) in [6.45, 7) is 3.53. The average Bonchev–Trinajstić information content (AvgIpc) is 3.33. The van der Waals surface area contributed by atoms with E-state index in [2.05, 4.69) is 15.6 Å². The highest BCUT2D eigenvalue weighted by molar-refractivity contribution is 5.90. The van der Waals surface area contributed by atoms with Crippen molar-refractivity contribution in [2.75, 3.05) is 0 Å². The lowest BCUT2D eigenvalue weighted by molar-refractivity contribution is -0.130. The van der Waals surface area contributed by atoms with E-state index >= 15 is 0 Å². The molecule has 8 nitrogen and oxygen atoms in total. The number of benzene rings is 1. The van der Waals surface area contributed by atoms with E-state index in [1.54, 1.807) is 13.8 Å². The molecule has 1 unspecified atom stereocenters. The molecule has 0 aliphatic carbocycles. The Kier molecular flexibility index (Phi) is 6.01. The summed E-state index contributed by atoms with van der Waals surface area (Å²) in [5, 5.41) is 15.4. The Labute approximate surface area is 167 Å². The summed E-state index contributed by atoms with van der Waals surface area (Å²) >= 11 is 0. The largest absolute Gasteiger partial charge is 0.475 e. The van der Waals surface area contributed by atoms with Crippen LogP contribution in [0.2, 0.25) is 0 Å². The van der Waals surface area contributed by atoms with Crippen molar-refractivity contribution in [3.05, 3.63) is 59.7 Å². The van der Waals surface area contributed by atoms with Gasteiger partial charge in [-0.2, -0.15) is 0 Å². The van der Waals surface area contributed by atoms with Crippen LogP contribution in [0.5, 0.6) is 0 Å². The lowest BCUT2D eigenvalue weighted by Gasteiger charge is -2.19. The van der Waals surface area contributed by atoms with Gasteiger partial charge in [-0.3, -0.25) is 9.59 Å². The highest BCUT2D eigenvalue weighted by Crippen LogP contribution is 2.19. The number of hydrogen-bond donors (Lipinski definition) is 4. The van der Waals surface area contributed by atoms with E-state index in [-0.39, 0.29) is 30.0 Å². The number of hydrogen-bond acceptors (Lipinski definition) is 4. The van der Waals surface area contributed by atoms with E-state index in [4.69, 9.17) is 9.52 Å². The van der Waals surface area contributed by atoms with Crippen LogP contribution in [0, 0.1) is 5.92 Å². The Morgan fingerprint density at radius 3 is 2.55 bits per heavy atom. The van der Waals surface area contributed by atoms with Gasteiger partial charge in [0.1, 0.15) is 11.8 Å². The van der Waals surface area contributed by atoms with Crippen LogP contribution in [0.4, 0.5) is 0 Å². The van der Waals surface area contributed by atoms with Gasteiger partial charge in [0.2, 0.25) is 17.6 Å². The number of carbonyl (C=O) groups excluding carboxylic acids is 2. The Morgan fingerprint density at radius 1 is 1.10 bits per heavy atom. The van der Waals surface area contributed by atoms with Crippen LogP contribution in [0.25, 0.3) is 10.9 Å². The van der Waals surface area contributed by atoms with E-state index in [0.717, 1.165) is 16.5 Å². The Hall–Kier alpha value is -3.55. The molecule has 0 saturated heterocycles. The van der Waals surface area contributed by atoms with Crippen molar-refractivity contribution in [3.8, 4) is 0 Å². The van der Waals surface area contributed by atoms with Crippen molar-refractivity contribution >= 4 is 28.7 Å². The second-order valence-electron chi connectivity index (χ2n) is 7.07. The Balaban J connectivity index is 1.73. The molecule has 0 spiro atoms. The predicted octanol–water partition coefficient (Wildman–Crippen LogP) is 2.46. The van der Waals surface area contributed by atoms with Crippen LogP contribution in [0.1, 0.15) is 35.7 Å². The van der Waals surface area contributed by atoms with Crippen molar-refractivity contribution in [1.29, 1.82) is 0 Å². The average molecular weight is 397 g/mol. The number of carboxylic acid groups (broad SMARTS) is 1. The summed E-state index contributed by atoms with van der Waals surface area (Å²) in [6, 6.07) is 9.77. The van der Waals surface area contributed by atoms with Crippen LogP contribution in [0.3, 0.4) is 0 Å². The molecule has 0 fully saturated rings. The van der Waals surface area contributed by atoms with Gasteiger partial charge >= 0.3 is 5.97 Å². The number of fused-ring (bicyclic) bond motifs is 1. The molecule has 8 heteroatoms. The van der Waals surface area contributed by atoms with Crippen molar-refractivity contribution in [2.24, 2.45) is 5.92 Å². The van der Waals surface area contributed by atoms with Crippen LogP contribution in [0.15, 0.2) is 47.0 Å². The number of para-hydroxylation sites is 1. The first-order valence-corrected chi connectivity index (χ1v) is 9.30. The summed E-state index contributed by atoms with van der Waals surface area (Å²) in [6.07, 6.45) is 2.14. The van der Waals surface area contributed by atoms with Gasteiger partial charge in [0.25, 0.3) is 0 Å². The second-order valence-corrected chi connectivity index (χ2v) is 7.07. The number of aromatic nitrogens is 1. The fourth-order valence-electron chi connectivity index (χ4n) is 2.95. The van der Waals surface area contributed by atoms with E-state index in [1.807, 2.05) is 30.5 Å². The molecule has 152 valence electrons. The predicted molar refractivity (Wildman–Crippen MR) is 106 cm³/mol. The van der Waals surface area contributed by atoms with Gasteiger partial charge in [-0.1, -0.05) is 32.0 Å².